The largest absolute Gasteiger partial charge is 0.493 e. The predicted molar refractivity (Wildman–Crippen MR) is 86.9 cm³/mol. The van der Waals surface area contributed by atoms with Gasteiger partial charge >= 0.3 is 0 Å². The fourth-order valence-corrected chi connectivity index (χ4v) is 2.55. The number of rotatable bonds is 4. The van der Waals surface area contributed by atoms with Crippen molar-refractivity contribution in [2.75, 3.05) is 13.2 Å². The van der Waals surface area contributed by atoms with Crippen molar-refractivity contribution in [1.29, 1.82) is 0 Å². The van der Waals surface area contributed by atoms with Crippen LogP contribution in [-0.4, -0.2) is 24.1 Å². The van der Waals surface area contributed by atoms with Crippen molar-refractivity contribution in [2.24, 2.45) is 10.7 Å². The van der Waals surface area contributed by atoms with Crippen LogP contribution in [0.3, 0.4) is 0 Å². The molecule has 5 heteroatoms. The van der Waals surface area contributed by atoms with Gasteiger partial charge in [-0.2, -0.15) is 0 Å². The molecular weight excluding hydrogens is 276 g/mol. The summed E-state index contributed by atoms with van der Waals surface area (Å²) in [6.07, 6.45) is 3.46. The number of aliphatic imine (C=N–C) groups is 1. The molecule has 0 saturated carbocycles. The summed E-state index contributed by atoms with van der Waals surface area (Å²) in [5.74, 6) is 1.39. The highest BCUT2D eigenvalue weighted by atomic mass is 16.5. The molecule has 0 radical (unpaired) electrons. The Morgan fingerprint density at radius 3 is 3.00 bits per heavy atom. The van der Waals surface area contributed by atoms with Gasteiger partial charge < -0.3 is 15.8 Å². The highest BCUT2D eigenvalue weighted by molar-refractivity contribution is 5.78. The summed E-state index contributed by atoms with van der Waals surface area (Å²) in [7, 11) is 0. The average Bonchev–Trinajstić information content (AvgIpc) is 2.56. The molecule has 1 unspecified atom stereocenters. The van der Waals surface area contributed by atoms with E-state index in [0.29, 0.717) is 19.1 Å². The van der Waals surface area contributed by atoms with E-state index in [1.165, 1.54) is 0 Å². The molecular formula is C17H20N4O. The van der Waals surface area contributed by atoms with Crippen molar-refractivity contribution in [3.05, 3.63) is 59.9 Å². The molecule has 1 aliphatic rings. The molecule has 1 aromatic heterocycles. The number of aromatic nitrogens is 1. The molecule has 0 amide bonds. The average molecular weight is 296 g/mol. The SMILES string of the molecule is NC(=NCCc1ccccn1)NC1CCOc2ccccc21. The Morgan fingerprint density at radius 2 is 2.14 bits per heavy atom. The van der Waals surface area contributed by atoms with E-state index in [1.807, 2.05) is 36.4 Å². The van der Waals surface area contributed by atoms with Gasteiger partial charge in [0, 0.05) is 36.8 Å². The Labute approximate surface area is 130 Å². The van der Waals surface area contributed by atoms with E-state index >= 15 is 0 Å². The maximum atomic E-state index is 6.00. The number of hydrogen-bond acceptors (Lipinski definition) is 3. The number of nitrogens with zero attached hydrogens (tertiary/aromatic N) is 2. The zero-order chi connectivity index (χ0) is 15.2. The number of ether oxygens (including phenoxy) is 1. The lowest BCUT2D eigenvalue weighted by Gasteiger charge is -2.26. The van der Waals surface area contributed by atoms with E-state index in [2.05, 4.69) is 21.4 Å². The van der Waals surface area contributed by atoms with Gasteiger partial charge in [-0.15, -0.1) is 0 Å². The van der Waals surface area contributed by atoms with Gasteiger partial charge in [0.1, 0.15) is 5.75 Å². The van der Waals surface area contributed by atoms with Gasteiger partial charge in [0.15, 0.2) is 5.96 Å². The van der Waals surface area contributed by atoms with Gasteiger partial charge in [-0.25, -0.2) is 0 Å². The van der Waals surface area contributed by atoms with Crippen LogP contribution in [0.25, 0.3) is 0 Å². The molecule has 2 heterocycles. The maximum absolute atomic E-state index is 6.00. The number of hydrogen-bond donors (Lipinski definition) is 2. The molecule has 114 valence electrons. The van der Waals surface area contributed by atoms with E-state index in [1.54, 1.807) is 6.20 Å². The molecule has 0 spiro atoms. The molecule has 5 nitrogen and oxygen atoms in total. The molecule has 1 aromatic carbocycles. The molecule has 1 atom stereocenters. The molecule has 22 heavy (non-hydrogen) atoms. The lowest BCUT2D eigenvalue weighted by molar-refractivity contribution is 0.262. The molecule has 3 N–H and O–H groups in total. The first-order valence-corrected chi connectivity index (χ1v) is 7.51. The second-order valence-corrected chi connectivity index (χ2v) is 5.21. The molecule has 0 aliphatic carbocycles. The number of pyridine rings is 1. The van der Waals surface area contributed by atoms with Crippen LogP contribution in [-0.2, 0) is 6.42 Å². The molecule has 1 aliphatic heterocycles. The third kappa shape index (κ3) is 3.55. The Hall–Kier alpha value is -2.56. The van der Waals surface area contributed by atoms with Gasteiger partial charge in [-0.1, -0.05) is 24.3 Å². The minimum absolute atomic E-state index is 0.156. The van der Waals surface area contributed by atoms with E-state index in [9.17, 15) is 0 Å². The summed E-state index contributed by atoms with van der Waals surface area (Å²) in [5.41, 5.74) is 8.16. The molecule has 0 saturated heterocycles. The molecule has 3 rings (SSSR count). The van der Waals surface area contributed by atoms with Gasteiger partial charge in [0.2, 0.25) is 0 Å². The Kier molecular flexibility index (Phi) is 4.53. The first kappa shape index (κ1) is 14.4. The second-order valence-electron chi connectivity index (χ2n) is 5.21. The standard InChI is InChI=1S/C17H20N4O/c18-17(20-11-8-13-5-3-4-10-19-13)21-15-9-12-22-16-7-2-1-6-14(15)16/h1-7,10,15H,8-9,11-12H2,(H3,18,20,21). The van der Waals surface area contributed by atoms with E-state index in [-0.39, 0.29) is 6.04 Å². The summed E-state index contributed by atoms with van der Waals surface area (Å²) in [6, 6.07) is 14.1. The first-order valence-electron chi connectivity index (χ1n) is 7.51. The summed E-state index contributed by atoms with van der Waals surface area (Å²) in [5, 5.41) is 3.29. The Morgan fingerprint density at radius 1 is 1.27 bits per heavy atom. The maximum Gasteiger partial charge on any atom is 0.189 e. The van der Waals surface area contributed by atoms with Crippen LogP contribution in [0.15, 0.2) is 53.7 Å². The number of para-hydroxylation sites is 1. The lowest BCUT2D eigenvalue weighted by Crippen LogP contribution is -2.37. The van der Waals surface area contributed by atoms with Crippen molar-refractivity contribution in [2.45, 2.75) is 18.9 Å². The highest BCUT2D eigenvalue weighted by Crippen LogP contribution is 2.31. The Balaban J connectivity index is 1.58. The van der Waals surface area contributed by atoms with Crippen LogP contribution >= 0.6 is 0 Å². The van der Waals surface area contributed by atoms with Crippen molar-refractivity contribution in [3.63, 3.8) is 0 Å². The van der Waals surface area contributed by atoms with Gasteiger partial charge in [-0.3, -0.25) is 9.98 Å². The highest BCUT2D eigenvalue weighted by Gasteiger charge is 2.21. The molecule has 0 fully saturated rings. The van der Waals surface area contributed by atoms with Gasteiger partial charge in [-0.05, 0) is 18.2 Å². The third-order valence-corrected chi connectivity index (χ3v) is 3.66. The number of nitrogens with one attached hydrogen (secondary N) is 1. The van der Waals surface area contributed by atoms with E-state index in [0.717, 1.165) is 29.8 Å². The number of fused-ring (bicyclic) bond motifs is 1. The summed E-state index contributed by atoms with van der Waals surface area (Å²) >= 11 is 0. The predicted octanol–water partition coefficient (Wildman–Crippen LogP) is 2.05. The molecule has 2 aromatic rings. The minimum Gasteiger partial charge on any atom is -0.493 e. The van der Waals surface area contributed by atoms with Crippen LogP contribution < -0.4 is 15.8 Å². The fourth-order valence-electron chi connectivity index (χ4n) is 2.55. The van der Waals surface area contributed by atoms with Crippen LogP contribution in [0, 0.1) is 0 Å². The van der Waals surface area contributed by atoms with E-state index < -0.39 is 0 Å². The number of nitrogens with two attached hydrogens (primary N) is 1. The van der Waals surface area contributed by atoms with Gasteiger partial charge in [0.25, 0.3) is 0 Å². The van der Waals surface area contributed by atoms with Crippen molar-refractivity contribution >= 4 is 5.96 Å². The quantitative estimate of drug-likeness (QED) is 0.669. The van der Waals surface area contributed by atoms with Crippen LogP contribution in [0.4, 0.5) is 0 Å². The zero-order valence-electron chi connectivity index (χ0n) is 12.4. The normalized spacial score (nSPS) is 17.5. The summed E-state index contributed by atoms with van der Waals surface area (Å²) in [4.78, 5) is 8.66. The van der Waals surface area contributed by atoms with E-state index in [4.69, 9.17) is 10.5 Å². The second kappa shape index (κ2) is 6.93. The smallest absolute Gasteiger partial charge is 0.189 e. The fraction of sp³-hybridized carbons (Fsp3) is 0.294. The Bertz CT molecular complexity index is 642. The minimum atomic E-state index is 0.156. The van der Waals surface area contributed by atoms with Crippen LogP contribution in [0.2, 0.25) is 0 Å². The first-order chi connectivity index (χ1) is 10.8. The topological polar surface area (TPSA) is 72.5 Å². The monoisotopic (exact) mass is 296 g/mol. The van der Waals surface area contributed by atoms with Crippen molar-refractivity contribution < 1.29 is 4.74 Å². The number of guanidine groups is 1. The van der Waals surface area contributed by atoms with Crippen molar-refractivity contribution in [3.8, 4) is 5.75 Å². The van der Waals surface area contributed by atoms with Gasteiger partial charge in [0.05, 0.1) is 12.6 Å². The summed E-state index contributed by atoms with van der Waals surface area (Å²) < 4.78 is 5.65. The van der Waals surface area contributed by atoms with Crippen LogP contribution in [0.1, 0.15) is 23.7 Å². The summed E-state index contributed by atoms with van der Waals surface area (Å²) in [6.45, 7) is 1.32. The lowest BCUT2D eigenvalue weighted by atomic mass is 10.0. The zero-order valence-corrected chi connectivity index (χ0v) is 12.4. The van der Waals surface area contributed by atoms with Crippen molar-refractivity contribution in [1.82, 2.24) is 10.3 Å². The number of benzene rings is 1. The van der Waals surface area contributed by atoms with Crippen LogP contribution in [0.5, 0.6) is 5.75 Å². The third-order valence-electron chi connectivity index (χ3n) is 3.66. The molecule has 0 bridgehead atoms.